The molecular formula is C14H14BNO. The van der Waals surface area contributed by atoms with Gasteiger partial charge in [0.15, 0.2) is 0 Å². The Labute approximate surface area is 102 Å². The summed E-state index contributed by atoms with van der Waals surface area (Å²) in [7, 11) is -0.0545. The van der Waals surface area contributed by atoms with Gasteiger partial charge in [-0.15, -0.1) is 0 Å². The number of rotatable bonds is 1. The molecule has 1 N–H and O–H groups in total. The fourth-order valence-electron chi connectivity index (χ4n) is 2.23. The van der Waals surface area contributed by atoms with Gasteiger partial charge in [0, 0.05) is 11.3 Å². The highest BCUT2D eigenvalue weighted by molar-refractivity contribution is 6.70. The van der Waals surface area contributed by atoms with Crippen molar-refractivity contribution in [3.05, 3.63) is 60.2 Å². The van der Waals surface area contributed by atoms with Gasteiger partial charge < -0.3 is 9.88 Å². The smallest absolute Gasteiger partial charge is 0.406 e. The van der Waals surface area contributed by atoms with E-state index < -0.39 is 0 Å². The molecule has 3 heteroatoms. The molecule has 0 radical (unpaired) electrons. The first-order chi connectivity index (χ1) is 8.34. The van der Waals surface area contributed by atoms with E-state index in [4.69, 9.17) is 4.65 Å². The van der Waals surface area contributed by atoms with Crippen LogP contribution in [0.2, 0.25) is 0 Å². The van der Waals surface area contributed by atoms with Crippen molar-refractivity contribution in [1.29, 1.82) is 0 Å². The molecule has 1 unspecified atom stereocenters. The van der Waals surface area contributed by atoms with Gasteiger partial charge in [-0.2, -0.15) is 0 Å². The molecule has 0 saturated carbocycles. The summed E-state index contributed by atoms with van der Waals surface area (Å²) in [6.45, 7) is 2.09. The summed E-state index contributed by atoms with van der Waals surface area (Å²) in [4.78, 5) is 0. The second-order valence-corrected chi connectivity index (χ2v) is 4.30. The average Bonchev–Trinajstić information content (AvgIpc) is 2.40. The molecule has 0 aliphatic carbocycles. The van der Waals surface area contributed by atoms with Crippen molar-refractivity contribution in [2.45, 2.75) is 13.0 Å². The number of para-hydroxylation sites is 1. The minimum atomic E-state index is -0.0545. The molecule has 17 heavy (non-hydrogen) atoms. The van der Waals surface area contributed by atoms with E-state index in [0.717, 1.165) is 5.46 Å². The van der Waals surface area contributed by atoms with Crippen LogP contribution in [-0.4, -0.2) is 7.05 Å². The van der Waals surface area contributed by atoms with Crippen LogP contribution in [0.3, 0.4) is 0 Å². The Bertz CT molecular complexity index is 515. The third kappa shape index (κ3) is 1.94. The lowest BCUT2D eigenvalue weighted by Gasteiger charge is -2.29. The second-order valence-electron chi connectivity index (χ2n) is 4.30. The Balaban J connectivity index is 1.94. The van der Waals surface area contributed by atoms with Crippen molar-refractivity contribution in [1.82, 2.24) is 0 Å². The number of nitrogens with one attached hydrogen (secondary N) is 1. The Kier molecular flexibility index (Phi) is 2.61. The highest BCUT2D eigenvalue weighted by atomic mass is 16.5. The van der Waals surface area contributed by atoms with Gasteiger partial charge in [0.25, 0.3) is 0 Å². The summed E-state index contributed by atoms with van der Waals surface area (Å²) >= 11 is 0. The van der Waals surface area contributed by atoms with Crippen LogP contribution in [0.1, 0.15) is 18.6 Å². The molecule has 1 heterocycles. The lowest BCUT2D eigenvalue weighted by Crippen LogP contribution is -2.45. The number of anilines is 1. The number of fused-ring (bicyclic) bond motifs is 1. The van der Waals surface area contributed by atoms with Crippen molar-refractivity contribution >= 4 is 18.2 Å². The summed E-state index contributed by atoms with van der Waals surface area (Å²) < 4.78 is 5.99. The van der Waals surface area contributed by atoms with Crippen LogP contribution < -0.4 is 10.7 Å². The SMILES string of the molecule is CC1OB(c2ccccc2)Nc2ccccc21. The van der Waals surface area contributed by atoms with E-state index in [0.29, 0.717) is 0 Å². The van der Waals surface area contributed by atoms with E-state index in [2.05, 4.69) is 36.4 Å². The molecule has 2 aromatic carbocycles. The summed E-state index contributed by atoms with van der Waals surface area (Å²) in [5, 5.41) is 3.42. The van der Waals surface area contributed by atoms with Gasteiger partial charge in [-0.25, -0.2) is 0 Å². The summed E-state index contributed by atoms with van der Waals surface area (Å²) in [5.74, 6) is 0. The van der Waals surface area contributed by atoms with Crippen LogP contribution in [-0.2, 0) is 4.65 Å². The molecule has 84 valence electrons. The number of hydrogen-bond acceptors (Lipinski definition) is 2. The maximum atomic E-state index is 5.99. The molecule has 0 fully saturated rings. The van der Waals surface area contributed by atoms with E-state index in [1.165, 1.54) is 11.3 Å². The van der Waals surface area contributed by atoms with Crippen LogP contribution in [0.15, 0.2) is 54.6 Å². The molecule has 3 rings (SSSR count). The van der Waals surface area contributed by atoms with Crippen LogP contribution in [0, 0.1) is 0 Å². The van der Waals surface area contributed by atoms with Crippen molar-refractivity contribution in [3.63, 3.8) is 0 Å². The highest BCUT2D eigenvalue weighted by Gasteiger charge is 2.29. The van der Waals surface area contributed by atoms with E-state index in [-0.39, 0.29) is 13.2 Å². The first kappa shape index (κ1) is 10.4. The predicted octanol–water partition coefficient (Wildman–Crippen LogP) is 2.59. The Morgan fingerprint density at radius 1 is 1.00 bits per heavy atom. The van der Waals surface area contributed by atoms with Crippen LogP contribution in [0.25, 0.3) is 0 Å². The number of benzene rings is 2. The van der Waals surface area contributed by atoms with E-state index in [1.54, 1.807) is 0 Å². The molecular weight excluding hydrogens is 209 g/mol. The minimum absolute atomic E-state index is 0.0545. The zero-order chi connectivity index (χ0) is 11.7. The Hall–Kier alpha value is -1.74. The predicted molar refractivity (Wildman–Crippen MR) is 71.4 cm³/mol. The van der Waals surface area contributed by atoms with Gasteiger partial charge in [-0.3, -0.25) is 0 Å². The van der Waals surface area contributed by atoms with Crippen molar-refractivity contribution in [3.8, 4) is 0 Å². The third-order valence-electron chi connectivity index (χ3n) is 3.13. The largest absolute Gasteiger partial charge is 0.449 e. The normalized spacial score (nSPS) is 18.4. The van der Waals surface area contributed by atoms with Gasteiger partial charge in [0.2, 0.25) is 0 Å². The molecule has 0 saturated heterocycles. The standard InChI is InChI=1S/C14H14BNO/c1-11-13-9-5-6-10-14(13)16-15(17-11)12-7-3-2-4-8-12/h2-11,16H,1H3. The molecule has 0 aromatic heterocycles. The highest BCUT2D eigenvalue weighted by Crippen LogP contribution is 2.29. The van der Waals surface area contributed by atoms with Gasteiger partial charge in [-0.05, 0) is 18.5 Å². The molecule has 0 spiro atoms. The van der Waals surface area contributed by atoms with Gasteiger partial charge in [0.05, 0.1) is 6.10 Å². The first-order valence-corrected chi connectivity index (χ1v) is 5.90. The fourth-order valence-corrected chi connectivity index (χ4v) is 2.23. The van der Waals surface area contributed by atoms with Crippen molar-refractivity contribution < 1.29 is 4.65 Å². The summed E-state index contributed by atoms with van der Waals surface area (Å²) in [6.07, 6.45) is 0.123. The van der Waals surface area contributed by atoms with Gasteiger partial charge >= 0.3 is 7.05 Å². The van der Waals surface area contributed by atoms with E-state index in [1.807, 2.05) is 30.3 Å². The zero-order valence-electron chi connectivity index (χ0n) is 9.76. The van der Waals surface area contributed by atoms with E-state index >= 15 is 0 Å². The Morgan fingerprint density at radius 2 is 1.71 bits per heavy atom. The van der Waals surface area contributed by atoms with Crippen LogP contribution in [0.5, 0.6) is 0 Å². The molecule has 1 atom stereocenters. The second kappa shape index (κ2) is 4.26. The van der Waals surface area contributed by atoms with Crippen LogP contribution >= 0.6 is 0 Å². The van der Waals surface area contributed by atoms with Crippen molar-refractivity contribution in [2.75, 3.05) is 5.23 Å². The van der Waals surface area contributed by atoms with Gasteiger partial charge in [-0.1, -0.05) is 48.5 Å². The molecule has 1 aliphatic heterocycles. The van der Waals surface area contributed by atoms with E-state index in [9.17, 15) is 0 Å². The topological polar surface area (TPSA) is 21.3 Å². The Morgan fingerprint density at radius 3 is 2.53 bits per heavy atom. The maximum Gasteiger partial charge on any atom is 0.449 e. The quantitative estimate of drug-likeness (QED) is 0.750. The zero-order valence-corrected chi connectivity index (χ0v) is 9.76. The number of hydrogen-bond donors (Lipinski definition) is 1. The van der Waals surface area contributed by atoms with Crippen molar-refractivity contribution in [2.24, 2.45) is 0 Å². The molecule has 0 bridgehead atoms. The third-order valence-corrected chi connectivity index (χ3v) is 3.13. The van der Waals surface area contributed by atoms with Crippen LogP contribution in [0.4, 0.5) is 5.69 Å². The molecule has 2 nitrogen and oxygen atoms in total. The summed E-state index contributed by atoms with van der Waals surface area (Å²) in [5.41, 5.74) is 3.55. The summed E-state index contributed by atoms with van der Waals surface area (Å²) in [6, 6.07) is 18.5. The molecule has 0 amide bonds. The van der Waals surface area contributed by atoms with Gasteiger partial charge in [0.1, 0.15) is 0 Å². The maximum absolute atomic E-state index is 5.99. The monoisotopic (exact) mass is 223 g/mol. The average molecular weight is 223 g/mol. The minimum Gasteiger partial charge on any atom is -0.406 e. The molecule has 1 aliphatic rings. The molecule has 2 aromatic rings. The fraction of sp³-hybridized carbons (Fsp3) is 0.143. The lowest BCUT2D eigenvalue weighted by atomic mass is 9.71. The first-order valence-electron chi connectivity index (χ1n) is 5.90. The lowest BCUT2D eigenvalue weighted by molar-refractivity contribution is 0.230.